The minimum atomic E-state index is -0.529. The number of benzene rings is 1. The lowest BCUT2D eigenvalue weighted by Crippen LogP contribution is -2.30. The molecule has 0 N–H and O–H groups in total. The normalized spacial score (nSPS) is 10.5. The van der Waals surface area contributed by atoms with E-state index < -0.39 is 9.85 Å². The highest BCUT2D eigenvalue weighted by molar-refractivity contribution is 5.92. The number of aromatic nitrogens is 2. The zero-order valence-corrected chi connectivity index (χ0v) is 13.3. The number of hydrogen-bond donors (Lipinski definition) is 0. The first-order chi connectivity index (χ1) is 11.2. The molecule has 10 nitrogen and oxygen atoms in total. The lowest BCUT2D eigenvalue weighted by Gasteiger charge is -2.17. The molecule has 0 aliphatic carbocycles. The van der Waals surface area contributed by atoms with Crippen molar-refractivity contribution in [3.63, 3.8) is 0 Å². The summed E-state index contributed by atoms with van der Waals surface area (Å²) in [4.78, 5) is 34.2. The van der Waals surface area contributed by atoms with Gasteiger partial charge in [0.25, 0.3) is 5.69 Å². The predicted octanol–water partition coefficient (Wildman–Crippen LogP) is 1.98. The van der Waals surface area contributed by atoms with Crippen molar-refractivity contribution in [2.24, 2.45) is 0 Å². The van der Waals surface area contributed by atoms with Crippen LogP contribution in [0.5, 0.6) is 0 Å². The summed E-state index contributed by atoms with van der Waals surface area (Å²) in [7, 11) is 1.52. The first-order valence-corrected chi connectivity index (χ1v) is 6.91. The van der Waals surface area contributed by atoms with Crippen LogP contribution in [0.25, 0.3) is 0 Å². The van der Waals surface area contributed by atoms with Gasteiger partial charge < -0.3 is 4.90 Å². The van der Waals surface area contributed by atoms with E-state index in [0.717, 1.165) is 0 Å². The van der Waals surface area contributed by atoms with Crippen molar-refractivity contribution in [2.75, 3.05) is 11.9 Å². The Morgan fingerprint density at radius 1 is 1.17 bits per heavy atom. The highest BCUT2D eigenvalue weighted by Crippen LogP contribution is 2.23. The molecule has 10 heteroatoms. The summed E-state index contributed by atoms with van der Waals surface area (Å²) in [5, 5.41) is 25.7. The molecule has 1 amide bonds. The number of amides is 1. The Hall–Kier alpha value is -3.30. The number of anilines is 1. The number of nitrogens with zero attached hydrogens (tertiary/aromatic N) is 5. The topological polar surface area (TPSA) is 124 Å². The Bertz CT molecular complexity index is 812. The van der Waals surface area contributed by atoms with Gasteiger partial charge in [-0.05, 0) is 26.0 Å². The molecule has 0 saturated carbocycles. The molecule has 24 heavy (non-hydrogen) atoms. The fourth-order valence-corrected chi connectivity index (χ4v) is 2.28. The average Bonchev–Trinajstić information content (AvgIpc) is 2.80. The summed E-state index contributed by atoms with van der Waals surface area (Å²) >= 11 is 0. The van der Waals surface area contributed by atoms with Crippen LogP contribution in [0.2, 0.25) is 0 Å². The number of non-ortho nitro benzene ring substituents is 1. The summed E-state index contributed by atoms with van der Waals surface area (Å²) in [5.74, 6) is -0.357. The molecule has 1 aromatic heterocycles. The van der Waals surface area contributed by atoms with Crippen LogP contribution in [0, 0.1) is 34.1 Å². The van der Waals surface area contributed by atoms with E-state index in [1.807, 2.05) is 0 Å². The zero-order valence-electron chi connectivity index (χ0n) is 13.3. The van der Waals surface area contributed by atoms with Crippen molar-refractivity contribution in [1.82, 2.24) is 9.78 Å². The molecular weight excluding hydrogens is 318 g/mol. The van der Waals surface area contributed by atoms with Crippen LogP contribution >= 0.6 is 0 Å². The number of nitro benzene ring substituents is 1. The summed E-state index contributed by atoms with van der Waals surface area (Å²) in [6.45, 7) is 2.86. The minimum Gasteiger partial charge on any atom is -0.314 e. The molecule has 0 bridgehead atoms. The molecule has 0 aliphatic heterocycles. The Balaban J connectivity index is 2.19. The third-order valence-corrected chi connectivity index (χ3v) is 3.63. The molecule has 1 aromatic carbocycles. The maximum absolute atomic E-state index is 12.3. The number of nitro groups is 2. The van der Waals surface area contributed by atoms with E-state index in [9.17, 15) is 25.0 Å². The van der Waals surface area contributed by atoms with Gasteiger partial charge in [-0.15, -0.1) is 0 Å². The first-order valence-electron chi connectivity index (χ1n) is 6.91. The van der Waals surface area contributed by atoms with Gasteiger partial charge in [-0.1, -0.05) is 0 Å². The summed E-state index contributed by atoms with van der Waals surface area (Å²) < 4.78 is 1.28. The van der Waals surface area contributed by atoms with Crippen LogP contribution in [0.15, 0.2) is 24.3 Å². The van der Waals surface area contributed by atoms with Crippen LogP contribution < -0.4 is 4.90 Å². The van der Waals surface area contributed by atoms with E-state index in [4.69, 9.17) is 0 Å². The number of likely N-dealkylation sites (N-methyl/N-ethyl adjacent to an activating group) is 1. The molecule has 0 spiro atoms. The molecule has 0 atom stereocenters. The third kappa shape index (κ3) is 3.21. The van der Waals surface area contributed by atoms with Gasteiger partial charge in [-0.25, -0.2) is 0 Å². The second kappa shape index (κ2) is 6.44. The lowest BCUT2D eigenvalue weighted by molar-refractivity contribution is -0.386. The van der Waals surface area contributed by atoms with Crippen LogP contribution in [-0.4, -0.2) is 32.6 Å². The number of rotatable bonds is 5. The van der Waals surface area contributed by atoms with Gasteiger partial charge in [0.2, 0.25) is 5.91 Å². The quantitative estimate of drug-likeness (QED) is 0.608. The van der Waals surface area contributed by atoms with Gasteiger partial charge in [-0.3, -0.25) is 29.7 Å². The largest absolute Gasteiger partial charge is 0.314 e. The molecule has 0 saturated heterocycles. The van der Waals surface area contributed by atoms with Crippen LogP contribution in [0.4, 0.5) is 17.1 Å². The molecule has 126 valence electrons. The van der Waals surface area contributed by atoms with Crippen LogP contribution in [0.3, 0.4) is 0 Å². The number of carbonyl (C=O) groups is 1. The van der Waals surface area contributed by atoms with E-state index in [1.165, 1.54) is 54.7 Å². The zero-order chi connectivity index (χ0) is 18.0. The predicted molar refractivity (Wildman–Crippen MR) is 84.9 cm³/mol. The van der Waals surface area contributed by atoms with Gasteiger partial charge in [0.05, 0.1) is 9.85 Å². The number of aryl methyl sites for hydroxylation is 1. The molecule has 0 fully saturated rings. The average molecular weight is 333 g/mol. The van der Waals surface area contributed by atoms with Crippen molar-refractivity contribution in [1.29, 1.82) is 0 Å². The van der Waals surface area contributed by atoms with Crippen molar-refractivity contribution in [2.45, 2.75) is 20.4 Å². The van der Waals surface area contributed by atoms with Gasteiger partial charge >= 0.3 is 5.69 Å². The highest BCUT2D eigenvalue weighted by atomic mass is 16.6. The molecular formula is C14H15N5O5. The fourth-order valence-electron chi connectivity index (χ4n) is 2.28. The van der Waals surface area contributed by atoms with E-state index in [-0.39, 0.29) is 29.5 Å². The van der Waals surface area contributed by atoms with E-state index in [1.54, 1.807) is 0 Å². The van der Waals surface area contributed by atoms with Crippen molar-refractivity contribution >= 4 is 23.0 Å². The highest BCUT2D eigenvalue weighted by Gasteiger charge is 2.23. The molecule has 2 rings (SSSR count). The third-order valence-electron chi connectivity index (χ3n) is 3.63. The van der Waals surface area contributed by atoms with E-state index in [2.05, 4.69) is 5.10 Å². The Morgan fingerprint density at radius 3 is 2.21 bits per heavy atom. The smallest absolute Gasteiger partial charge is 0.312 e. The summed E-state index contributed by atoms with van der Waals surface area (Å²) in [6, 6.07) is 5.51. The lowest BCUT2D eigenvalue weighted by atomic mass is 10.2. The molecule has 0 aliphatic rings. The molecule has 0 radical (unpaired) electrons. The molecule has 2 aromatic rings. The number of hydrogen-bond acceptors (Lipinski definition) is 6. The Kier molecular flexibility index (Phi) is 4.58. The van der Waals surface area contributed by atoms with Crippen LogP contribution in [0.1, 0.15) is 11.4 Å². The molecule has 1 heterocycles. The second-order valence-electron chi connectivity index (χ2n) is 5.16. The maximum atomic E-state index is 12.3. The van der Waals surface area contributed by atoms with Gasteiger partial charge in [0.15, 0.2) is 0 Å². The van der Waals surface area contributed by atoms with Gasteiger partial charge in [0, 0.05) is 24.9 Å². The van der Waals surface area contributed by atoms with Gasteiger partial charge in [0.1, 0.15) is 17.9 Å². The monoisotopic (exact) mass is 333 g/mol. The first kappa shape index (κ1) is 17.1. The standard InChI is InChI=1S/C14H15N5O5/c1-9-14(19(23)24)10(2)17(15-9)8-13(20)16(3)11-4-6-12(7-5-11)18(21)22/h4-7H,8H2,1-3H3. The van der Waals surface area contributed by atoms with Crippen molar-refractivity contribution in [3.05, 3.63) is 55.9 Å². The minimum absolute atomic E-state index is 0.0752. The van der Waals surface area contributed by atoms with Crippen molar-refractivity contribution < 1.29 is 14.6 Å². The maximum Gasteiger partial charge on any atom is 0.312 e. The Labute approximate surface area is 136 Å². The van der Waals surface area contributed by atoms with Gasteiger partial charge in [-0.2, -0.15) is 5.10 Å². The summed E-state index contributed by atoms with van der Waals surface area (Å²) in [6.07, 6.45) is 0. The number of carbonyl (C=O) groups excluding carboxylic acids is 1. The van der Waals surface area contributed by atoms with Crippen molar-refractivity contribution in [3.8, 4) is 0 Å². The van der Waals surface area contributed by atoms with E-state index in [0.29, 0.717) is 11.4 Å². The second-order valence-corrected chi connectivity index (χ2v) is 5.16. The van der Waals surface area contributed by atoms with E-state index >= 15 is 0 Å². The summed E-state index contributed by atoms with van der Waals surface area (Å²) in [5.41, 5.74) is 0.822. The molecule has 0 unspecified atom stereocenters. The SMILES string of the molecule is Cc1nn(CC(=O)N(C)c2ccc([N+](=O)[O-])cc2)c(C)c1[N+](=O)[O-]. The Morgan fingerprint density at radius 2 is 1.75 bits per heavy atom. The van der Waals surface area contributed by atoms with Crippen LogP contribution in [-0.2, 0) is 11.3 Å². The fraction of sp³-hybridized carbons (Fsp3) is 0.286.